The number of nitrogens with zero attached hydrogens (tertiary/aromatic N) is 4. The monoisotopic (exact) mass is 479 g/mol. The molecule has 2 amide bonds. The molecule has 1 saturated carbocycles. The van der Waals surface area contributed by atoms with Gasteiger partial charge in [0.15, 0.2) is 5.69 Å². The first-order chi connectivity index (χ1) is 16.2. The highest BCUT2D eigenvalue weighted by molar-refractivity contribution is 6.00. The van der Waals surface area contributed by atoms with Gasteiger partial charge in [-0.25, -0.2) is 9.48 Å². The molecule has 1 saturated heterocycles. The Morgan fingerprint density at radius 3 is 2.71 bits per heavy atom. The maximum absolute atomic E-state index is 13.1. The summed E-state index contributed by atoms with van der Waals surface area (Å²) in [7, 11) is 1.25. The lowest BCUT2D eigenvalue weighted by atomic mass is 9.90. The molecule has 1 N–H and O–H groups in total. The van der Waals surface area contributed by atoms with Crippen molar-refractivity contribution >= 4 is 23.5 Å². The minimum Gasteiger partial charge on any atom is -0.464 e. The van der Waals surface area contributed by atoms with Crippen molar-refractivity contribution in [2.24, 2.45) is 5.92 Å². The first kappa shape index (κ1) is 23.7. The summed E-state index contributed by atoms with van der Waals surface area (Å²) >= 11 is 0. The Labute approximate surface area is 193 Å². The number of carbonyl (C=O) groups excluding carboxylic acids is 3. The maximum atomic E-state index is 13.1. The summed E-state index contributed by atoms with van der Waals surface area (Å²) in [5.74, 6) is -2.04. The fourth-order valence-corrected chi connectivity index (χ4v) is 4.52. The molecule has 12 heteroatoms. The van der Waals surface area contributed by atoms with Gasteiger partial charge in [-0.15, -0.1) is 5.10 Å². The van der Waals surface area contributed by atoms with E-state index in [-0.39, 0.29) is 42.3 Å². The molecule has 2 fully saturated rings. The Morgan fingerprint density at radius 2 is 1.97 bits per heavy atom. The number of methoxy groups -OCH3 is 1. The molecule has 182 valence electrons. The molecular formula is C22H24F3N5O4. The molecule has 1 aliphatic carbocycles. The number of hydrogen-bond donors (Lipinski definition) is 1. The second-order valence-electron chi connectivity index (χ2n) is 8.50. The highest BCUT2D eigenvalue weighted by atomic mass is 19.4. The zero-order valence-electron chi connectivity index (χ0n) is 18.4. The number of carbonyl (C=O) groups is 3. The minimum absolute atomic E-state index is 0.000815. The Morgan fingerprint density at radius 1 is 1.21 bits per heavy atom. The molecule has 34 heavy (non-hydrogen) atoms. The van der Waals surface area contributed by atoms with Crippen LogP contribution in [0.15, 0.2) is 30.5 Å². The molecule has 0 radical (unpaired) electrons. The average molecular weight is 479 g/mol. The fourth-order valence-electron chi connectivity index (χ4n) is 4.52. The smallest absolute Gasteiger partial charge is 0.416 e. The number of nitrogens with one attached hydrogen (secondary N) is 1. The van der Waals surface area contributed by atoms with E-state index in [0.717, 1.165) is 31.4 Å². The molecule has 0 bridgehead atoms. The van der Waals surface area contributed by atoms with E-state index < -0.39 is 29.5 Å². The number of benzene rings is 1. The lowest BCUT2D eigenvalue weighted by Crippen LogP contribution is -2.46. The molecule has 2 aliphatic rings. The number of hydrogen-bond acceptors (Lipinski definition) is 6. The van der Waals surface area contributed by atoms with Crippen LogP contribution in [0.2, 0.25) is 0 Å². The molecule has 0 spiro atoms. The molecular weight excluding hydrogens is 455 g/mol. The summed E-state index contributed by atoms with van der Waals surface area (Å²) in [5.41, 5.74) is -0.671. The predicted octanol–water partition coefficient (Wildman–Crippen LogP) is 2.74. The number of amides is 2. The van der Waals surface area contributed by atoms with Crippen molar-refractivity contribution in [3.05, 3.63) is 41.7 Å². The van der Waals surface area contributed by atoms with Gasteiger partial charge in [0.25, 0.3) is 0 Å². The second kappa shape index (κ2) is 9.43. The van der Waals surface area contributed by atoms with Crippen molar-refractivity contribution in [3.63, 3.8) is 0 Å². The Balaban J connectivity index is 1.44. The number of anilines is 1. The van der Waals surface area contributed by atoms with Crippen LogP contribution in [0.3, 0.4) is 0 Å². The number of ether oxygens (including phenoxy) is 1. The van der Waals surface area contributed by atoms with Crippen molar-refractivity contribution in [2.45, 2.75) is 50.4 Å². The summed E-state index contributed by atoms with van der Waals surface area (Å²) in [5, 5.41) is 10.8. The average Bonchev–Trinajstić information content (AvgIpc) is 3.46. The Hall–Kier alpha value is -3.44. The number of esters is 1. The number of alkyl halides is 3. The summed E-state index contributed by atoms with van der Waals surface area (Å²) in [6.07, 6.45) is 0.0672. The van der Waals surface area contributed by atoms with E-state index in [1.807, 2.05) is 0 Å². The third kappa shape index (κ3) is 4.90. The van der Waals surface area contributed by atoms with Crippen LogP contribution in [-0.4, -0.2) is 52.5 Å². The molecule has 2 heterocycles. The SMILES string of the molecule is COC(=O)c1cn([C@@H]2CCCC[C@H]2NC(=O)[C@@H]2CC(=O)N(c3cccc(C(F)(F)F)c3)C2)nn1. The molecule has 0 unspecified atom stereocenters. The summed E-state index contributed by atoms with van der Waals surface area (Å²) < 4.78 is 45.4. The summed E-state index contributed by atoms with van der Waals surface area (Å²) in [6.45, 7) is -0.000815. The van der Waals surface area contributed by atoms with E-state index in [1.54, 1.807) is 4.68 Å². The van der Waals surface area contributed by atoms with Gasteiger partial charge in [-0.05, 0) is 31.0 Å². The van der Waals surface area contributed by atoms with Gasteiger partial charge in [-0.1, -0.05) is 24.1 Å². The van der Waals surface area contributed by atoms with Crippen LogP contribution in [-0.2, 0) is 20.5 Å². The van der Waals surface area contributed by atoms with Gasteiger partial charge in [-0.3, -0.25) is 9.59 Å². The van der Waals surface area contributed by atoms with E-state index in [0.29, 0.717) is 6.42 Å². The standard InChI is InChI=1S/C22H24F3N5O4/c1-34-21(33)17-12-30(28-27-17)18-8-3-2-7-16(18)26-20(32)13-9-19(31)29(11-13)15-6-4-5-14(10-15)22(23,24)25/h4-6,10,12-13,16,18H,2-3,7-9,11H2,1H3,(H,26,32)/t13-,16-,18-/m1/s1. The van der Waals surface area contributed by atoms with Crippen molar-refractivity contribution in [1.29, 1.82) is 0 Å². The number of rotatable bonds is 5. The van der Waals surface area contributed by atoms with Crippen LogP contribution in [0.4, 0.5) is 18.9 Å². The van der Waals surface area contributed by atoms with Gasteiger partial charge >= 0.3 is 12.1 Å². The largest absolute Gasteiger partial charge is 0.464 e. The zero-order chi connectivity index (χ0) is 24.5. The van der Waals surface area contributed by atoms with Crippen LogP contribution in [0.25, 0.3) is 0 Å². The minimum atomic E-state index is -4.53. The van der Waals surface area contributed by atoms with Gasteiger partial charge in [0, 0.05) is 18.7 Å². The van der Waals surface area contributed by atoms with E-state index in [2.05, 4.69) is 20.4 Å². The molecule has 1 aromatic carbocycles. The van der Waals surface area contributed by atoms with Crippen molar-refractivity contribution in [1.82, 2.24) is 20.3 Å². The van der Waals surface area contributed by atoms with E-state index in [9.17, 15) is 27.6 Å². The van der Waals surface area contributed by atoms with Gasteiger partial charge in [0.05, 0.1) is 36.9 Å². The van der Waals surface area contributed by atoms with E-state index in [4.69, 9.17) is 0 Å². The van der Waals surface area contributed by atoms with Crippen LogP contribution in [0.5, 0.6) is 0 Å². The second-order valence-corrected chi connectivity index (χ2v) is 8.50. The maximum Gasteiger partial charge on any atom is 0.416 e. The molecule has 3 atom stereocenters. The van der Waals surface area contributed by atoms with Crippen LogP contribution < -0.4 is 10.2 Å². The predicted molar refractivity (Wildman–Crippen MR) is 113 cm³/mol. The van der Waals surface area contributed by atoms with Crippen LogP contribution in [0.1, 0.15) is 54.2 Å². The van der Waals surface area contributed by atoms with Gasteiger partial charge < -0.3 is 15.0 Å². The van der Waals surface area contributed by atoms with Crippen molar-refractivity contribution in [3.8, 4) is 0 Å². The molecule has 2 aromatic rings. The molecule has 9 nitrogen and oxygen atoms in total. The highest BCUT2D eigenvalue weighted by Gasteiger charge is 2.39. The summed E-state index contributed by atoms with van der Waals surface area (Å²) in [6, 6.07) is 4.01. The van der Waals surface area contributed by atoms with Gasteiger partial charge in [-0.2, -0.15) is 13.2 Å². The number of halogens is 3. The van der Waals surface area contributed by atoms with Crippen molar-refractivity contribution < 1.29 is 32.3 Å². The molecule has 4 rings (SSSR count). The molecule has 1 aromatic heterocycles. The normalized spacial score (nSPS) is 23.1. The van der Waals surface area contributed by atoms with E-state index in [1.165, 1.54) is 30.3 Å². The number of aromatic nitrogens is 3. The Bertz CT molecular complexity index is 1090. The molecule has 1 aliphatic heterocycles. The topological polar surface area (TPSA) is 106 Å². The van der Waals surface area contributed by atoms with Crippen LogP contribution >= 0.6 is 0 Å². The lowest BCUT2D eigenvalue weighted by Gasteiger charge is -2.32. The summed E-state index contributed by atoms with van der Waals surface area (Å²) in [4.78, 5) is 38.4. The van der Waals surface area contributed by atoms with E-state index >= 15 is 0 Å². The lowest BCUT2D eigenvalue weighted by molar-refractivity contribution is -0.137. The van der Waals surface area contributed by atoms with Gasteiger partial charge in [0.2, 0.25) is 11.8 Å². The van der Waals surface area contributed by atoms with Crippen molar-refractivity contribution in [2.75, 3.05) is 18.6 Å². The first-order valence-corrected chi connectivity index (χ1v) is 11.0. The Kier molecular flexibility index (Phi) is 6.58. The third-order valence-corrected chi connectivity index (χ3v) is 6.28. The fraction of sp³-hybridized carbons (Fsp3) is 0.500. The third-order valence-electron chi connectivity index (χ3n) is 6.28. The van der Waals surface area contributed by atoms with Gasteiger partial charge in [0.1, 0.15) is 0 Å². The highest BCUT2D eigenvalue weighted by Crippen LogP contribution is 2.34. The van der Waals surface area contributed by atoms with Crippen LogP contribution in [0, 0.1) is 5.92 Å². The zero-order valence-corrected chi connectivity index (χ0v) is 18.4. The quantitative estimate of drug-likeness (QED) is 0.661. The first-order valence-electron chi connectivity index (χ1n) is 11.0.